The molecule has 1 rings (SSSR count). The van der Waals surface area contributed by atoms with Crippen molar-refractivity contribution in [2.24, 2.45) is 11.8 Å². The fourth-order valence-corrected chi connectivity index (χ4v) is 1.46. The second-order valence-corrected chi connectivity index (χ2v) is 2.93. The molecular formula is C7H14N2O. The van der Waals surface area contributed by atoms with E-state index in [2.05, 4.69) is 0 Å². The molecule has 0 aromatic rings. The van der Waals surface area contributed by atoms with Crippen LogP contribution in [0.3, 0.4) is 0 Å². The third-order valence-electron chi connectivity index (χ3n) is 2.05. The first-order valence-corrected chi connectivity index (χ1v) is 3.74. The number of amides is 1. The van der Waals surface area contributed by atoms with Crippen molar-refractivity contribution in [1.29, 1.82) is 0 Å². The van der Waals surface area contributed by atoms with Crippen LogP contribution in [0, 0.1) is 5.92 Å². The zero-order chi connectivity index (χ0) is 7.56. The van der Waals surface area contributed by atoms with Gasteiger partial charge in [0.2, 0.25) is 5.91 Å². The van der Waals surface area contributed by atoms with Gasteiger partial charge < -0.3 is 0 Å². The molecule has 2 N–H and O–H groups in total. The standard InChI is InChI=1S/C7H14N2O/c1-9(8)7(10)6-4-2-3-5-6/h6H,2-5,8H2,1H3. The van der Waals surface area contributed by atoms with Gasteiger partial charge in [-0.2, -0.15) is 0 Å². The molecule has 1 fully saturated rings. The van der Waals surface area contributed by atoms with Gasteiger partial charge in [0.25, 0.3) is 0 Å². The minimum atomic E-state index is 0.0949. The second kappa shape index (κ2) is 3.01. The van der Waals surface area contributed by atoms with Crippen molar-refractivity contribution >= 4 is 5.91 Å². The Kier molecular flexibility index (Phi) is 2.27. The molecule has 0 heterocycles. The highest BCUT2D eigenvalue weighted by Gasteiger charge is 2.23. The van der Waals surface area contributed by atoms with Crippen LogP contribution >= 0.6 is 0 Å². The fourth-order valence-electron chi connectivity index (χ4n) is 1.46. The van der Waals surface area contributed by atoms with Crippen LogP contribution in [0.1, 0.15) is 25.7 Å². The molecule has 0 saturated heterocycles. The number of hydrogen-bond acceptors (Lipinski definition) is 2. The van der Waals surface area contributed by atoms with Crippen molar-refractivity contribution in [2.75, 3.05) is 7.05 Å². The van der Waals surface area contributed by atoms with Gasteiger partial charge in [-0.05, 0) is 12.8 Å². The van der Waals surface area contributed by atoms with Crippen molar-refractivity contribution in [3.63, 3.8) is 0 Å². The Balaban J connectivity index is 2.40. The number of nitrogens with two attached hydrogens (primary N) is 1. The summed E-state index contributed by atoms with van der Waals surface area (Å²) in [6, 6.07) is 0. The highest BCUT2D eigenvalue weighted by atomic mass is 16.2. The summed E-state index contributed by atoms with van der Waals surface area (Å²) < 4.78 is 0. The highest BCUT2D eigenvalue weighted by molar-refractivity contribution is 5.78. The molecule has 1 saturated carbocycles. The largest absolute Gasteiger partial charge is 0.284 e. The summed E-state index contributed by atoms with van der Waals surface area (Å²) in [4.78, 5) is 11.1. The quantitative estimate of drug-likeness (QED) is 0.329. The van der Waals surface area contributed by atoms with Crippen LogP contribution in [0.4, 0.5) is 0 Å². The first-order valence-electron chi connectivity index (χ1n) is 3.74. The number of hydrogen-bond donors (Lipinski definition) is 1. The Bertz CT molecular complexity index is 128. The molecule has 0 aromatic carbocycles. The minimum absolute atomic E-state index is 0.0949. The van der Waals surface area contributed by atoms with Crippen molar-refractivity contribution in [3.8, 4) is 0 Å². The lowest BCUT2D eigenvalue weighted by molar-refractivity contribution is -0.134. The number of rotatable bonds is 1. The maximum Gasteiger partial charge on any atom is 0.239 e. The molecule has 3 nitrogen and oxygen atoms in total. The van der Waals surface area contributed by atoms with Gasteiger partial charge in [0, 0.05) is 13.0 Å². The maximum absolute atomic E-state index is 11.1. The predicted octanol–water partition coefficient (Wildman–Crippen LogP) is 0.509. The Labute approximate surface area is 61.2 Å². The normalized spacial score (nSPS) is 19.4. The second-order valence-electron chi connectivity index (χ2n) is 2.93. The maximum atomic E-state index is 11.1. The molecule has 10 heavy (non-hydrogen) atoms. The number of hydrazine groups is 1. The van der Waals surface area contributed by atoms with E-state index in [-0.39, 0.29) is 11.8 Å². The summed E-state index contributed by atoms with van der Waals surface area (Å²) >= 11 is 0. The summed E-state index contributed by atoms with van der Waals surface area (Å²) in [6.45, 7) is 0. The van der Waals surface area contributed by atoms with Crippen LogP contribution in [0.25, 0.3) is 0 Å². The van der Waals surface area contributed by atoms with E-state index < -0.39 is 0 Å². The van der Waals surface area contributed by atoms with Crippen LogP contribution in [0.5, 0.6) is 0 Å². The van der Waals surface area contributed by atoms with E-state index in [1.165, 1.54) is 17.9 Å². The van der Waals surface area contributed by atoms with Gasteiger partial charge in [-0.15, -0.1) is 0 Å². The van der Waals surface area contributed by atoms with Gasteiger partial charge in [0.05, 0.1) is 0 Å². The van der Waals surface area contributed by atoms with Crippen molar-refractivity contribution in [2.45, 2.75) is 25.7 Å². The summed E-state index contributed by atoms with van der Waals surface area (Å²) in [5.74, 6) is 5.61. The van der Waals surface area contributed by atoms with E-state index >= 15 is 0 Å². The minimum Gasteiger partial charge on any atom is -0.284 e. The van der Waals surface area contributed by atoms with Crippen LogP contribution in [-0.2, 0) is 4.79 Å². The van der Waals surface area contributed by atoms with Crippen LogP contribution in [0.2, 0.25) is 0 Å². The van der Waals surface area contributed by atoms with Gasteiger partial charge in [0.1, 0.15) is 0 Å². The third kappa shape index (κ3) is 1.48. The lowest BCUT2D eigenvalue weighted by Gasteiger charge is -2.14. The summed E-state index contributed by atoms with van der Waals surface area (Å²) in [5, 5.41) is 1.20. The molecule has 1 amide bonds. The zero-order valence-electron chi connectivity index (χ0n) is 6.34. The molecule has 0 unspecified atom stereocenters. The van der Waals surface area contributed by atoms with Gasteiger partial charge in [-0.25, -0.2) is 5.84 Å². The molecule has 0 atom stereocenters. The van der Waals surface area contributed by atoms with Crippen LogP contribution in [0.15, 0.2) is 0 Å². The van der Waals surface area contributed by atoms with Crippen LogP contribution in [-0.4, -0.2) is 18.0 Å². The SMILES string of the molecule is CN(N)C(=O)C1CCCC1. The lowest BCUT2D eigenvalue weighted by Crippen LogP contribution is -2.37. The Morgan fingerprint density at radius 3 is 2.40 bits per heavy atom. The molecule has 1 aliphatic carbocycles. The number of nitrogens with zero attached hydrogens (tertiary/aromatic N) is 1. The van der Waals surface area contributed by atoms with E-state index in [4.69, 9.17) is 5.84 Å². The highest BCUT2D eigenvalue weighted by Crippen LogP contribution is 2.25. The molecule has 58 valence electrons. The van der Waals surface area contributed by atoms with Gasteiger partial charge >= 0.3 is 0 Å². The van der Waals surface area contributed by atoms with E-state index in [9.17, 15) is 4.79 Å². The van der Waals surface area contributed by atoms with Gasteiger partial charge in [0.15, 0.2) is 0 Å². The molecule has 0 radical (unpaired) electrons. The van der Waals surface area contributed by atoms with Crippen molar-refractivity contribution in [3.05, 3.63) is 0 Å². The fraction of sp³-hybridized carbons (Fsp3) is 0.857. The molecule has 1 aliphatic rings. The molecular weight excluding hydrogens is 128 g/mol. The van der Waals surface area contributed by atoms with Gasteiger partial charge in [-0.3, -0.25) is 9.80 Å². The summed E-state index contributed by atoms with van der Waals surface area (Å²) in [5.41, 5.74) is 0. The zero-order valence-corrected chi connectivity index (χ0v) is 6.34. The third-order valence-corrected chi connectivity index (χ3v) is 2.05. The summed E-state index contributed by atoms with van der Waals surface area (Å²) in [7, 11) is 1.61. The van der Waals surface area contributed by atoms with Crippen molar-refractivity contribution in [1.82, 2.24) is 5.01 Å². The Hall–Kier alpha value is -0.570. The van der Waals surface area contributed by atoms with E-state index in [0.29, 0.717) is 0 Å². The lowest BCUT2D eigenvalue weighted by atomic mass is 10.1. The van der Waals surface area contributed by atoms with Crippen LogP contribution < -0.4 is 5.84 Å². The van der Waals surface area contributed by atoms with E-state index in [1.807, 2.05) is 0 Å². The number of carbonyl (C=O) groups is 1. The Morgan fingerprint density at radius 2 is 2.00 bits per heavy atom. The van der Waals surface area contributed by atoms with Crippen molar-refractivity contribution < 1.29 is 4.79 Å². The predicted molar refractivity (Wildman–Crippen MR) is 38.9 cm³/mol. The molecule has 0 bridgehead atoms. The average molecular weight is 142 g/mol. The molecule has 0 aliphatic heterocycles. The molecule has 3 heteroatoms. The number of carbonyl (C=O) groups excluding carboxylic acids is 1. The van der Waals surface area contributed by atoms with Gasteiger partial charge in [-0.1, -0.05) is 12.8 Å². The molecule has 0 spiro atoms. The first kappa shape index (κ1) is 7.54. The topological polar surface area (TPSA) is 46.3 Å². The smallest absolute Gasteiger partial charge is 0.239 e. The Morgan fingerprint density at radius 1 is 1.50 bits per heavy atom. The average Bonchev–Trinajstić information content (AvgIpc) is 2.36. The van der Waals surface area contributed by atoms with E-state index in [0.717, 1.165) is 12.8 Å². The first-order chi connectivity index (χ1) is 4.72. The monoisotopic (exact) mass is 142 g/mol. The van der Waals surface area contributed by atoms with E-state index in [1.54, 1.807) is 7.05 Å². The molecule has 0 aromatic heterocycles. The summed E-state index contributed by atoms with van der Waals surface area (Å²) in [6.07, 6.45) is 4.43.